The van der Waals surface area contributed by atoms with Crippen LogP contribution in [0.1, 0.15) is 41.2 Å². The van der Waals surface area contributed by atoms with E-state index in [1.807, 2.05) is 41.3 Å². The molecule has 1 aromatic carbocycles. The largest absolute Gasteiger partial charge is 0.350 e. The van der Waals surface area contributed by atoms with E-state index >= 15 is 0 Å². The van der Waals surface area contributed by atoms with Crippen LogP contribution >= 0.6 is 0 Å². The van der Waals surface area contributed by atoms with Gasteiger partial charge in [0.05, 0.1) is 5.92 Å². The molecular weight excluding hydrogens is 350 g/mol. The molecule has 1 atom stereocenters. The van der Waals surface area contributed by atoms with Crippen LogP contribution in [-0.2, 0) is 4.79 Å². The average Bonchev–Trinajstić information content (AvgIpc) is 2.77. The van der Waals surface area contributed by atoms with Gasteiger partial charge in [-0.3, -0.25) is 14.6 Å². The van der Waals surface area contributed by atoms with Crippen molar-refractivity contribution in [2.75, 3.05) is 19.6 Å². The molecule has 2 aromatic rings. The van der Waals surface area contributed by atoms with E-state index in [4.69, 9.17) is 0 Å². The molecule has 2 heterocycles. The van der Waals surface area contributed by atoms with Gasteiger partial charge in [0.1, 0.15) is 5.69 Å². The summed E-state index contributed by atoms with van der Waals surface area (Å²) < 4.78 is 0. The zero-order valence-electron chi connectivity index (χ0n) is 16.1. The van der Waals surface area contributed by atoms with Crippen LogP contribution in [0.3, 0.4) is 0 Å². The van der Waals surface area contributed by atoms with Gasteiger partial charge in [-0.15, -0.1) is 6.58 Å². The summed E-state index contributed by atoms with van der Waals surface area (Å²) in [6.45, 7) is 5.88. The SMILES string of the molecule is C=CCC(C(=O)N1CCC(CNC(=O)c2ccccn2)CC1)c1ccccc1. The fourth-order valence-electron chi connectivity index (χ4n) is 3.63. The van der Waals surface area contributed by atoms with E-state index in [1.165, 1.54) is 0 Å². The van der Waals surface area contributed by atoms with Crippen LogP contribution < -0.4 is 5.32 Å². The van der Waals surface area contributed by atoms with Crippen molar-refractivity contribution in [3.05, 3.63) is 78.6 Å². The molecule has 0 bridgehead atoms. The van der Waals surface area contributed by atoms with Crippen molar-refractivity contribution in [2.45, 2.75) is 25.2 Å². The second-order valence-corrected chi connectivity index (χ2v) is 7.18. The third-order valence-electron chi connectivity index (χ3n) is 5.28. The number of nitrogens with zero attached hydrogens (tertiary/aromatic N) is 2. The van der Waals surface area contributed by atoms with Crippen molar-refractivity contribution in [3.63, 3.8) is 0 Å². The van der Waals surface area contributed by atoms with E-state index in [0.29, 0.717) is 24.6 Å². The molecule has 1 aromatic heterocycles. The number of hydrogen-bond acceptors (Lipinski definition) is 3. The fourth-order valence-corrected chi connectivity index (χ4v) is 3.63. The van der Waals surface area contributed by atoms with E-state index in [2.05, 4.69) is 16.9 Å². The smallest absolute Gasteiger partial charge is 0.269 e. The van der Waals surface area contributed by atoms with Crippen molar-refractivity contribution in [1.82, 2.24) is 15.2 Å². The lowest BCUT2D eigenvalue weighted by Crippen LogP contribution is -2.43. The number of benzene rings is 1. The molecule has 3 rings (SSSR count). The van der Waals surface area contributed by atoms with Gasteiger partial charge in [-0.05, 0) is 42.9 Å². The van der Waals surface area contributed by atoms with Crippen molar-refractivity contribution in [3.8, 4) is 0 Å². The predicted molar refractivity (Wildman–Crippen MR) is 110 cm³/mol. The van der Waals surface area contributed by atoms with Gasteiger partial charge in [-0.2, -0.15) is 0 Å². The zero-order valence-corrected chi connectivity index (χ0v) is 16.1. The molecule has 0 saturated carbocycles. The number of amides is 2. The number of likely N-dealkylation sites (tertiary alicyclic amines) is 1. The molecule has 5 nitrogen and oxygen atoms in total. The lowest BCUT2D eigenvalue weighted by Gasteiger charge is -2.34. The number of carbonyl (C=O) groups is 2. The van der Waals surface area contributed by atoms with Gasteiger partial charge in [0.25, 0.3) is 5.91 Å². The summed E-state index contributed by atoms with van der Waals surface area (Å²) in [5.41, 5.74) is 1.47. The fraction of sp³-hybridized carbons (Fsp3) is 0.348. The Morgan fingerprint density at radius 2 is 1.86 bits per heavy atom. The Morgan fingerprint density at radius 3 is 2.50 bits per heavy atom. The highest BCUT2D eigenvalue weighted by molar-refractivity contribution is 5.92. The summed E-state index contributed by atoms with van der Waals surface area (Å²) in [5.74, 6) is 0.238. The number of pyridine rings is 1. The van der Waals surface area contributed by atoms with Crippen LogP contribution in [0.25, 0.3) is 0 Å². The molecular formula is C23H27N3O2. The highest BCUT2D eigenvalue weighted by Crippen LogP contribution is 2.26. The Balaban J connectivity index is 1.50. The summed E-state index contributed by atoms with van der Waals surface area (Å²) in [4.78, 5) is 31.2. The highest BCUT2D eigenvalue weighted by atomic mass is 16.2. The summed E-state index contributed by atoms with van der Waals surface area (Å²) in [5, 5.41) is 2.96. The highest BCUT2D eigenvalue weighted by Gasteiger charge is 2.28. The number of rotatable bonds is 7. The van der Waals surface area contributed by atoms with E-state index in [-0.39, 0.29) is 17.7 Å². The lowest BCUT2D eigenvalue weighted by atomic mass is 9.91. The van der Waals surface area contributed by atoms with Crippen LogP contribution in [-0.4, -0.2) is 41.3 Å². The maximum atomic E-state index is 13.0. The lowest BCUT2D eigenvalue weighted by molar-refractivity contribution is -0.134. The first-order chi connectivity index (χ1) is 13.7. The molecule has 1 aliphatic heterocycles. The van der Waals surface area contributed by atoms with Crippen LogP contribution in [0.5, 0.6) is 0 Å². The predicted octanol–water partition coefficient (Wildman–Crippen LogP) is 3.41. The van der Waals surface area contributed by atoms with Gasteiger partial charge in [0.2, 0.25) is 5.91 Å². The van der Waals surface area contributed by atoms with Crippen LogP contribution in [0.4, 0.5) is 0 Å². The molecule has 0 aliphatic carbocycles. The van der Waals surface area contributed by atoms with Gasteiger partial charge >= 0.3 is 0 Å². The molecule has 2 amide bonds. The maximum absolute atomic E-state index is 13.0. The van der Waals surface area contributed by atoms with E-state index in [1.54, 1.807) is 24.4 Å². The van der Waals surface area contributed by atoms with Gasteiger partial charge in [-0.25, -0.2) is 0 Å². The average molecular weight is 377 g/mol. The number of carbonyl (C=O) groups excluding carboxylic acids is 2. The van der Waals surface area contributed by atoms with Crippen LogP contribution in [0.15, 0.2) is 67.4 Å². The molecule has 1 N–H and O–H groups in total. The van der Waals surface area contributed by atoms with Crippen LogP contribution in [0, 0.1) is 5.92 Å². The first-order valence-electron chi connectivity index (χ1n) is 9.83. The molecule has 28 heavy (non-hydrogen) atoms. The van der Waals surface area contributed by atoms with Crippen molar-refractivity contribution < 1.29 is 9.59 Å². The van der Waals surface area contributed by atoms with E-state index in [0.717, 1.165) is 31.5 Å². The number of nitrogens with one attached hydrogen (secondary N) is 1. The molecule has 5 heteroatoms. The Bertz CT molecular complexity index is 784. The topological polar surface area (TPSA) is 62.3 Å². The Morgan fingerprint density at radius 1 is 1.14 bits per heavy atom. The Labute approximate surface area is 166 Å². The van der Waals surface area contributed by atoms with Crippen molar-refractivity contribution in [2.24, 2.45) is 5.92 Å². The molecule has 1 aliphatic rings. The second-order valence-electron chi connectivity index (χ2n) is 7.18. The minimum Gasteiger partial charge on any atom is -0.350 e. The molecule has 1 fully saturated rings. The van der Waals surface area contributed by atoms with Crippen LogP contribution in [0.2, 0.25) is 0 Å². The third kappa shape index (κ3) is 5.06. The number of allylic oxidation sites excluding steroid dienone is 1. The van der Waals surface area contributed by atoms with Gasteiger partial charge in [-0.1, -0.05) is 42.5 Å². The van der Waals surface area contributed by atoms with E-state index in [9.17, 15) is 9.59 Å². The minimum absolute atomic E-state index is 0.144. The quantitative estimate of drug-likeness (QED) is 0.752. The number of hydrogen-bond donors (Lipinski definition) is 1. The normalized spacial score (nSPS) is 15.6. The monoisotopic (exact) mass is 377 g/mol. The number of piperidine rings is 1. The summed E-state index contributed by atoms with van der Waals surface area (Å²) in [6, 6.07) is 15.2. The van der Waals surface area contributed by atoms with Gasteiger partial charge < -0.3 is 10.2 Å². The summed E-state index contributed by atoms with van der Waals surface area (Å²) in [6.07, 6.45) is 5.86. The molecule has 1 saturated heterocycles. The standard InChI is InChI=1S/C23H27N3O2/c1-2-8-20(19-9-4-3-5-10-19)23(28)26-15-12-18(13-16-26)17-25-22(27)21-11-6-7-14-24-21/h2-7,9-11,14,18,20H,1,8,12-13,15-17H2,(H,25,27). The maximum Gasteiger partial charge on any atom is 0.269 e. The molecule has 0 radical (unpaired) electrons. The van der Waals surface area contributed by atoms with Crippen molar-refractivity contribution >= 4 is 11.8 Å². The van der Waals surface area contributed by atoms with Gasteiger partial charge in [0, 0.05) is 25.8 Å². The second kappa shape index (κ2) is 9.83. The van der Waals surface area contributed by atoms with Gasteiger partial charge in [0.15, 0.2) is 0 Å². The Kier molecular flexibility index (Phi) is 6.95. The first kappa shape index (κ1) is 19.8. The molecule has 0 spiro atoms. The van der Waals surface area contributed by atoms with Crippen molar-refractivity contribution in [1.29, 1.82) is 0 Å². The Hall–Kier alpha value is -2.95. The summed E-state index contributed by atoms with van der Waals surface area (Å²) in [7, 11) is 0. The molecule has 146 valence electrons. The first-order valence-corrected chi connectivity index (χ1v) is 9.83. The zero-order chi connectivity index (χ0) is 19.8. The third-order valence-corrected chi connectivity index (χ3v) is 5.28. The van der Waals surface area contributed by atoms with E-state index < -0.39 is 0 Å². The number of aromatic nitrogens is 1. The molecule has 1 unspecified atom stereocenters. The summed E-state index contributed by atoms with van der Waals surface area (Å²) >= 11 is 0. The minimum atomic E-state index is -0.167.